The van der Waals surface area contributed by atoms with Gasteiger partial charge in [0, 0.05) is 24.7 Å². The van der Waals surface area contributed by atoms with E-state index in [1.165, 1.54) is 4.90 Å². The maximum absolute atomic E-state index is 12.1. The fourth-order valence-electron chi connectivity index (χ4n) is 1.58. The smallest absolute Gasteiger partial charge is 0.308 e. The molecule has 106 valence electrons. The average Bonchev–Trinajstić information content (AvgIpc) is 2.76. The van der Waals surface area contributed by atoms with Crippen molar-refractivity contribution in [3.8, 4) is 0 Å². The van der Waals surface area contributed by atoms with Crippen molar-refractivity contribution in [3.05, 3.63) is 17.5 Å². The monoisotopic (exact) mass is 267 g/mol. The summed E-state index contributed by atoms with van der Waals surface area (Å²) in [4.78, 5) is 24.2. The maximum Gasteiger partial charge on any atom is 0.308 e. The van der Waals surface area contributed by atoms with Crippen LogP contribution in [-0.4, -0.2) is 45.7 Å². The number of aromatic nitrogens is 2. The molecule has 0 aromatic carbocycles. The Labute approximate surface area is 112 Å². The van der Waals surface area contributed by atoms with Gasteiger partial charge >= 0.3 is 5.97 Å². The van der Waals surface area contributed by atoms with Crippen LogP contribution in [0.25, 0.3) is 0 Å². The van der Waals surface area contributed by atoms with Crippen molar-refractivity contribution in [3.63, 3.8) is 0 Å². The van der Waals surface area contributed by atoms with Gasteiger partial charge in [0.2, 0.25) is 0 Å². The number of rotatable bonds is 4. The highest BCUT2D eigenvalue weighted by molar-refractivity contribution is 5.92. The second kappa shape index (κ2) is 5.42. The van der Waals surface area contributed by atoms with Crippen LogP contribution in [0, 0.1) is 5.92 Å². The molecule has 1 aromatic heterocycles. The highest BCUT2D eigenvalue weighted by Gasteiger charge is 2.23. The van der Waals surface area contributed by atoms with Crippen molar-refractivity contribution in [1.29, 1.82) is 0 Å². The van der Waals surface area contributed by atoms with Crippen LogP contribution in [0.1, 0.15) is 43.9 Å². The minimum Gasteiger partial charge on any atom is -0.481 e. The molecule has 0 spiro atoms. The summed E-state index contributed by atoms with van der Waals surface area (Å²) < 4.78 is 0. The number of carboxylic acid groups (broad SMARTS) is 1. The molecular formula is C13H21N3O3. The van der Waals surface area contributed by atoms with Gasteiger partial charge in [0.05, 0.1) is 5.92 Å². The van der Waals surface area contributed by atoms with Crippen molar-refractivity contribution in [2.45, 2.75) is 33.1 Å². The van der Waals surface area contributed by atoms with Crippen LogP contribution >= 0.6 is 0 Å². The molecule has 0 saturated heterocycles. The minimum atomic E-state index is -0.919. The Morgan fingerprint density at radius 3 is 2.47 bits per heavy atom. The fraction of sp³-hybridized carbons (Fsp3) is 0.615. The van der Waals surface area contributed by atoms with Gasteiger partial charge in [0.1, 0.15) is 5.69 Å². The lowest BCUT2D eigenvalue weighted by atomic mass is 9.92. The van der Waals surface area contributed by atoms with Crippen LogP contribution in [0.2, 0.25) is 0 Å². The molecule has 0 aliphatic rings. The lowest BCUT2D eigenvalue weighted by Gasteiger charge is -2.18. The second-order valence-corrected chi connectivity index (χ2v) is 5.84. The molecule has 1 rings (SSSR count). The van der Waals surface area contributed by atoms with Crippen LogP contribution in [-0.2, 0) is 10.2 Å². The molecule has 19 heavy (non-hydrogen) atoms. The quantitative estimate of drug-likeness (QED) is 0.865. The number of aliphatic carboxylic acids is 1. The van der Waals surface area contributed by atoms with E-state index in [0.29, 0.717) is 5.69 Å². The van der Waals surface area contributed by atoms with Crippen molar-refractivity contribution >= 4 is 11.9 Å². The molecule has 0 aliphatic heterocycles. The van der Waals surface area contributed by atoms with Crippen LogP contribution in [0.5, 0.6) is 0 Å². The maximum atomic E-state index is 12.1. The first kappa shape index (κ1) is 15.2. The first-order chi connectivity index (χ1) is 8.62. The van der Waals surface area contributed by atoms with Gasteiger partial charge in [-0.1, -0.05) is 27.7 Å². The predicted octanol–water partition coefficient (Wildman–Crippen LogP) is 1.50. The highest BCUT2D eigenvalue weighted by atomic mass is 16.4. The number of nitrogens with zero attached hydrogens (tertiary/aromatic N) is 2. The minimum absolute atomic E-state index is 0.113. The highest BCUT2D eigenvalue weighted by Crippen LogP contribution is 2.20. The summed E-state index contributed by atoms with van der Waals surface area (Å²) in [6.45, 7) is 7.78. The van der Waals surface area contributed by atoms with Crippen LogP contribution in [0.3, 0.4) is 0 Å². The number of aromatic amines is 1. The fourth-order valence-corrected chi connectivity index (χ4v) is 1.58. The molecule has 0 aliphatic carbocycles. The Morgan fingerprint density at radius 2 is 2.05 bits per heavy atom. The van der Waals surface area contributed by atoms with E-state index in [0.717, 1.165) is 5.69 Å². The zero-order chi connectivity index (χ0) is 14.8. The molecule has 1 amide bonds. The third kappa shape index (κ3) is 3.81. The van der Waals surface area contributed by atoms with Gasteiger partial charge in [-0.3, -0.25) is 14.7 Å². The molecule has 1 aromatic rings. The van der Waals surface area contributed by atoms with Crippen molar-refractivity contribution in [2.75, 3.05) is 13.6 Å². The van der Waals surface area contributed by atoms with E-state index in [-0.39, 0.29) is 17.9 Å². The standard InChI is InChI=1S/C13H21N3O3/c1-8(12(18)19)7-16(5)11(17)9-6-10(15-14-9)13(2,3)4/h6,8H,7H2,1-5H3,(H,14,15)(H,18,19). The van der Waals surface area contributed by atoms with E-state index in [4.69, 9.17) is 5.11 Å². The van der Waals surface area contributed by atoms with Crippen LogP contribution in [0.15, 0.2) is 6.07 Å². The Morgan fingerprint density at radius 1 is 1.47 bits per heavy atom. The molecule has 6 nitrogen and oxygen atoms in total. The van der Waals surface area contributed by atoms with E-state index in [1.54, 1.807) is 20.0 Å². The van der Waals surface area contributed by atoms with Gasteiger partial charge in [-0.05, 0) is 6.07 Å². The summed E-state index contributed by atoms with van der Waals surface area (Å²) in [7, 11) is 1.58. The normalized spacial score (nSPS) is 13.1. The van der Waals surface area contributed by atoms with E-state index in [9.17, 15) is 9.59 Å². The number of hydrogen-bond acceptors (Lipinski definition) is 3. The lowest BCUT2D eigenvalue weighted by molar-refractivity contribution is -0.141. The van der Waals surface area contributed by atoms with Gasteiger partial charge in [-0.15, -0.1) is 0 Å². The Hall–Kier alpha value is -1.85. The zero-order valence-electron chi connectivity index (χ0n) is 12.0. The molecule has 0 saturated carbocycles. The summed E-state index contributed by atoms with van der Waals surface area (Å²) in [6.07, 6.45) is 0. The molecule has 2 N–H and O–H groups in total. The third-order valence-corrected chi connectivity index (χ3v) is 2.92. The van der Waals surface area contributed by atoms with Gasteiger partial charge in [0.15, 0.2) is 0 Å². The van der Waals surface area contributed by atoms with Crippen molar-refractivity contribution in [2.24, 2.45) is 5.92 Å². The van der Waals surface area contributed by atoms with Crippen LogP contribution < -0.4 is 0 Å². The topological polar surface area (TPSA) is 86.3 Å². The molecule has 0 fully saturated rings. The number of H-pyrrole nitrogens is 1. The summed E-state index contributed by atoms with van der Waals surface area (Å²) in [5, 5.41) is 15.7. The summed E-state index contributed by atoms with van der Waals surface area (Å²) >= 11 is 0. The molecule has 1 heterocycles. The molecule has 1 unspecified atom stereocenters. The predicted molar refractivity (Wildman–Crippen MR) is 71.0 cm³/mol. The number of hydrogen-bond donors (Lipinski definition) is 2. The van der Waals surface area contributed by atoms with Crippen molar-refractivity contribution in [1.82, 2.24) is 15.1 Å². The van der Waals surface area contributed by atoms with E-state index < -0.39 is 11.9 Å². The van der Waals surface area contributed by atoms with Crippen LogP contribution in [0.4, 0.5) is 0 Å². The Balaban J connectivity index is 2.78. The average molecular weight is 267 g/mol. The van der Waals surface area contributed by atoms with Gasteiger partial charge in [-0.25, -0.2) is 0 Å². The van der Waals surface area contributed by atoms with Gasteiger partial charge in [0.25, 0.3) is 5.91 Å². The Kier molecular flexibility index (Phi) is 4.34. The van der Waals surface area contributed by atoms with Crippen molar-refractivity contribution < 1.29 is 14.7 Å². The number of nitrogens with one attached hydrogen (secondary N) is 1. The van der Waals surface area contributed by atoms with E-state index in [2.05, 4.69) is 10.2 Å². The van der Waals surface area contributed by atoms with E-state index >= 15 is 0 Å². The number of carbonyl (C=O) groups excluding carboxylic acids is 1. The largest absolute Gasteiger partial charge is 0.481 e. The molecule has 0 bridgehead atoms. The molecule has 1 atom stereocenters. The van der Waals surface area contributed by atoms with Gasteiger partial charge < -0.3 is 10.0 Å². The first-order valence-corrected chi connectivity index (χ1v) is 6.17. The summed E-state index contributed by atoms with van der Waals surface area (Å²) in [6, 6.07) is 1.71. The number of carbonyl (C=O) groups is 2. The number of carboxylic acids is 1. The summed E-state index contributed by atoms with van der Waals surface area (Å²) in [5.74, 6) is -1.80. The Bertz CT molecular complexity index is 474. The third-order valence-electron chi connectivity index (χ3n) is 2.92. The second-order valence-electron chi connectivity index (χ2n) is 5.84. The molecule has 6 heteroatoms. The zero-order valence-corrected chi connectivity index (χ0v) is 12.0. The summed E-state index contributed by atoms with van der Waals surface area (Å²) in [5.41, 5.74) is 1.07. The number of amides is 1. The molecular weight excluding hydrogens is 246 g/mol. The molecule has 0 radical (unpaired) electrons. The first-order valence-electron chi connectivity index (χ1n) is 6.17. The SMILES string of the molecule is CC(CN(C)C(=O)c1cc(C(C)(C)C)[nH]n1)C(=O)O. The van der Waals surface area contributed by atoms with E-state index in [1.807, 2.05) is 20.8 Å². The lowest BCUT2D eigenvalue weighted by Crippen LogP contribution is -2.33. The van der Waals surface area contributed by atoms with Gasteiger partial charge in [-0.2, -0.15) is 5.10 Å².